The van der Waals surface area contributed by atoms with Crippen LogP contribution in [-0.4, -0.2) is 93.5 Å². The van der Waals surface area contributed by atoms with Gasteiger partial charge in [0.2, 0.25) is 0 Å². The van der Waals surface area contributed by atoms with Crippen molar-refractivity contribution < 1.29 is 29.6 Å². The second-order valence-electron chi connectivity index (χ2n) is 7.20. The van der Waals surface area contributed by atoms with Crippen molar-refractivity contribution in [2.75, 3.05) is 39.3 Å². The van der Waals surface area contributed by atoms with Gasteiger partial charge in [0, 0.05) is 55.9 Å². The van der Waals surface area contributed by atoms with Crippen LogP contribution < -0.4 is 4.74 Å². The number of benzene rings is 1. The number of nitrogens with zero attached hydrogens (tertiary/aromatic N) is 2. The van der Waals surface area contributed by atoms with Gasteiger partial charge < -0.3 is 25.0 Å². The van der Waals surface area contributed by atoms with E-state index >= 15 is 0 Å². The Morgan fingerprint density at radius 2 is 1.76 bits per heavy atom. The Balaban J connectivity index is 0.000000438. The van der Waals surface area contributed by atoms with Crippen LogP contribution in [0.4, 0.5) is 0 Å². The summed E-state index contributed by atoms with van der Waals surface area (Å²) >= 11 is 0. The van der Waals surface area contributed by atoms with Crippen LogP contribution in [0.2, 0.25) is 0 Å². The smallest absolute Gasteiger partial charge is 0.414 e. The quantitative estimate of drug-likeness (QED) is 0.524. The molecule has 1 fully saturated rings. The molecule has 9 nitrogen and oxygen atoms in total. The molecule has 0 aliphatic carbocycles. The number of carboxylic acids is 2. The summed E-state index contributed by atoms with van der Waals surface area (Å²) in [5.74, 6) is -2.82. The first-order valence-electron chi connectivity index (χ1n) is 9.57. The second-order valence-corrected chi connectivity index (χ2v) is 7.20. The maximum Gasteiger partial charge on any atom is 0.414 e. The molecule has 160 valence electrons. The molecule has 0 saturated carbocycles. The number of H-pyrrole nitrogens is 1. The van der Waals surface area contributed by atoms with Gasteiger partial charge in [0.25, 0.3) is 0 Å². The number of β-amino-alcohol motifs (C(OH)–C–C–N with tert-alkyl or cyclic N) is 1. The van der Waals surface area contributed by atoms with Crippen molar-refractivity contribution in [2.24, 2.45) is 0 Å². The van der Waals surface area contributed by atoms with Gasteiger partial charge in [-0.15, -0.1) is 0 Å². The fourth-order valence-electron chi connectivity index (χ4n) is 3.18. The molecule has 1 aliphatic heterocycles. The van der Waals surface area contributed by atoms with Crippen LogP contribution >= 0.6 is 0 Å². The number of rotatable bonds is 6. The number of aliphatic hydroxyl groups is 1. The molecule has 3 rings (SSSR count). The Labute approximate surface area is 169 Å². The second kappa shape index (κ2) is 10.8. The highest BCUT2D eigenvalue weighted by Gasteiger charge is 2.21. The summed E-state index contributed by atoms with van der Waals surface area (Å²) in [6.45, 7) is 9.66. The Morgan fingerprint density at radius 1 is 1.10 bits per heavy atom. The fraction of sp³-hybridized carbons (Fsp3) is 0.500. The van der Waals surface area contributed by atoms with Gasteiger partial charge in [-0.3, -0.25) is 9.80 Å². The maximum absolute atomic E-state index is 10.3. The monoisotopic (exact) mass is 407 g/mol. The van der Waals surface area contributed by atoms with Crippen LogP contribution in [0.15, 0.2) is 30.5 Å². The van der Waals surface area contributed by atoms with E-state index in [1.54, 1.807) is 0 Å². The molecule has 0 amide bonds. The Hall–Kier alpha value is -2.62. The predicted molar refractivity (Wildman–Crippen MR) is 108 cm³/mol. The van der Waals surface area contributed by atoms with E-state index in [1.807, 2.05) is 30.5 Å². The van der Waals surface area contributed by atoms with Gasteiger partial charge in [-0.05, 0) is 32.0 Å². The first-order valence-corrected chi connectivity index (χ1v) is 9.57. The zero-order valence-corrected chi connectivity index (χ0v) is 16.7. The van der Waals surface area contributed by atoms with Crippen molar-refractivity contribution in [1.82, 2.24) is 14.8 Å². The van der Waals surface area contributed by atoms with E-state index in [-0.39, 0.29) is 0 Å². The van der Waals surface area contributed by atoms with Gasteiger partial charge in [-0.1, -0.05) is 6.07 Å². The van der Waals surface area contributed by atoms with E-state index in [4.69, 9.17) is 24.5 Å². The normalized spacial score (nSPS) is 16.3. The molecule has 1 aromatic heterocycles. The van der Waals surface area contributed by atoms with Crippen LogP contribution in [0, 0.1) is 0 Å². The first kappa shape index (κ1) is 22.7. The van der Waals surface area contributed by atoms with Gasteiger partial charge in [0.15, 0.2) is 0 Å². The molecule has 1 atom stereocenters. The molecule has 0 bridgehead atoms. The average molecular weight is 407 g/mol. The number of aromatic amines is 1. The highest BCUT2D eigenvalue weighted by atomic mass is 16.5. The van der Waals surface area contributed by atoms with E-state index in [0.717, 1.165) is 42.8 Å². The van der Waals surface area contributed by atoms with E-state index < -0.39 is 18.0 Å². The maximum atomic E-state index is 10.3. The van der Waals surface area contributed by atoms with Crippen LogP contribution in [0.25, 0.3) is 10.9 Å². The molecule has 0 spiro atoms. The lowest BCUT2D eigenvalue weighted by molar-refractivity contribution is -0.159. The third-order valence-corrected chi connectivity index (χ3v) is 4.78. The number of carboxylic acid groups (broad SMARTS) is 2. The highest BCUT2D eigenvalue weighted by Crippen LogP contribution is 2.24. The molecular weight excluding hydrogens is 378 g/mol. The van der Waals surface area contributed by atoms with Crippen LogP contribution in [0.5, 0.6) is 5.75 Å². The Bertz CT molecular complexity index is 786. The van der Waals surface area contributed by atoms with E-state index in [2.05, 4.69) is 28.6 Å². The number of piperazine rings is 1. The number of aromatic nitrogens is 1. The number of carbonyl (C=O) groups is 2. The number of aliphatic carboxylic acids is 2. The summed E-state index contributed by atoms with van der Waals surface area (Å²) in [4.78, 5) is 26.2. The lowest BCUT2D eigenvalue weighted by Gasteiger charge is -2.37. The molecule has 1 aliphatic rings. The lowest BCUT2D eigenvalue weighted by atomic mass is 10.2. The zero-order valence-electron chi connectivity index (χ0n) is 16.7. The molecule has 0 unspecified atom stereocenters. The largest absolute Gasteiger partial charge is 0.490 e. The lowest BCUT2D eigenvalue weighted by Crippen LogP contribution is -2.51. The molecular formula is C20H29N3O6. The Morgan fingerprint density at radius 3 is 2.34 bits per heavy atom. The Kier molecular flexibility index (Phi) is 8.44. The summed E-state index contributed by atoms with van der Waals surface area (Å²) < 4.78 is 5.83. The SMILES string of the molecule is CC(C)N1CCN(C[C@H](O)COc2cccc3[nH]ccc23)CC1.O=C(O)C(=O)O. The fourth-order valence-corrected chi connectivity index (χ4v) is 3.18. The van der Waals surface area contributed by atoms with E-state index in [9.17, 15) is 5.11 Å². The van der Waals surface area contributed by atoms with Crippen molar-refractivity contribution in [2.45, 2.75) is 26.0 Å². The standard InChI is InChI=1S/C18H27N3O2.C2H2O4/c1-14(2)21-10-8-20(9-11-21)12-15(22)13-23-18-5-3-4-17-16(18)6-7-19-17;3-1(4)2(5)6/h3-7,14-15,19,22H,8-13H2,1-2H3;(H,3,4)(H,5,6)/t15-;/m0./s1. The molecule has 1 aromatic carbocycles. The minimum absolute atomic E-state index is 0.328. The van der Waals surface area contributed by atoms with Crippen LogP contribution in [0.1, 0.15) is 13.8 Å². The molecule has 0 radical (unpaired) electrons. The molecule has 2 aromatic rings. The zero-order chi connectivity index (χ0) is 21.4. The number of ether oxygens (including phenoxy) is 1. The predicted octanol–water partition coefficient (Wildman–Crippen LogP) is 1.09. The number of nitrogens with one attached hydrogen (secondary N) is 1. The van der Waals surface area contributed by atoms with Crippen molar-refractivity contribution in [3.05, 3.63) is 30.5 Å². The van der Waals surface area contributed by atoms with Gasteiger partial charge in [0.05, 0.1) is 0 Å². The molecule has 29 heavy (non-hydrogen) atoms. The van der Waals surface area contributed by atoms with E-state index in [1.165, 1.54) is 0 Å². The van der Waals surface area contributed by atoms with E-state index in [0.29, 0.717) is 19.2 Å². The molecule has 1 saturated heterocycles. The third kappa shape index (κ3) is 7.04. The third-order valence-electron chi connectivity index (χ3n) is 4.78. The van der Waals surface area contributed by atoms with Crippen LogP contribution in [-0.2, 0) is 9.59 Å². The molecule has 4 N–H and O–H groups in total. The van der Waals surface area contributed by atoms with Crippen molar-refractivity contribution in [1.29, 1.82) is 0 Å². The van der Waals surface area contributed by atoms with Gasteiger partial charge in [-0.25, -0.2) is 9.59 Å². The van der Waals surface area contributed by atoms with Gasteiger partial charge >= 0.3 is 11.9 Å². The highest BCUT2D eigenvalue weighted by molar-refractivity contribution is 6.27. The summed E-state index contributed by atoms with van der Waals surface area (Å²) in [5.41, 5.74) is 1.06. The minimum atomic E-state index is -1.82. The van der Waals surface area contributed by atoms with Crippen molar-refractivity contribution in [3.63, 3.8) is 0 Å². The number of fused-ring (bicyclic) bond motifs is 1. The van der Waals surface area contributed by atoms with Crippen molar-refractivity contribution in [3.8, 4) is 5.75 Å². The summed E-state index contributed by atoms with van der Waals surface area (Å²) in [7, 11) is 0. The number of aliphatic hydroxyl groups excluding tert-OH is 1. The number of hydrogen-bond donors (Lipinski definition) is 4. The molecule has 9 heteroatoms. The van der Waals surface area contributed by atoms with Gasteiger partial charge in [0.1, 0.15) is 18.5 Å². The summed E-state index contributed by atoms with van der Waals surface area (Å²) in [6.07, 6.45) is 1.44. The number of hydrogen-bond acceptors (Lipinski definition) is 6. The minimum Gasteiger partial charge on any atom is -0.490 e. The van der Waals surface area contributed by atoms with Gasteiger partial charge in [-0.2, -0.15) is 0 Å². The average Bonchev–Trinajstić information content (AvgIpc) is 3.16. The topological polar surface area (TPSA) is 126 Å². The van der Waals surface area contributed by atoms with Crippen molar-refractivity contribution >= 4 is 22.8 Å². The summed E-state index contributed by atoms with van der Waals surface area (Å²) in [5, 5.41) is 26.1. The first-order chi connectivity index (χ1) is 13.8. The molecule has 2 heterocycles. The van der Waals surface area contributed by atoms with Crippen LogP contribution in [0.3, 0.4) is 0 Å². The summed E-state index contributed by atoms with van der Waals surface area (Å²) in [6, 6.07) is 8.54.